The van der Waals surface area contributed by atoms with Crippen LogP contribution >= 0.6 is 0 Å². The number of ether oxygens (including phenoxy) is 2. The van der Waals surface area contributed by atoms with Crippen LogP contribution in [0.25, 0.3) is 0 Å². The summed E-state index contributed by atoms with van der Waals surface area (Å²) in [4.78, 5) is 0. The van der Waals surface area contributed by atoms with Gasteiger partial charge in [-0.15, -0.1) is 0 Å². The summed E-state index contributed by atoms with van der Waals surface area (Å²) in [5.74, 6) is 0.0154. The first-order valence-corrected chi connectivity index (χ1v) is 3.74. The molecule has 0 aliphatic carbocycles. The molecule has 1 rings (SSSR count). The smallest absolute Gasteiger partial charge is 0.416 e. The summed E-state index contributed by atoms with van der Waals surface area (Å²) in [6, 6.07) is 5.48. The maximum absolute atomic E-state index is 12.2. The second kappa shape index (κ2) is 4.32. The molecule has 1 aromatic rings. The van der Waals surface area contributed by atoms with E-state index in [1.807, 2.05) is 0 Å². The molecule has 0 saturated heterocycles. The van der Waals surface area contributed by atoms with Gasteiger partial charge in [-0.3, -0.25) is 0 Å². The number of halogens is 3. The number of alkyl halides is 3. The van der Waals surface area contributed by atoms with Gasteiger partial charge < -0.3 is 9.47 Å². The highest BCUT2D eigenvalue weighted by Crippen LogP contribution is 2.30. The quantitative estimate of drug-likeness (QED) is 0.706. The van der Waals surface area contributed by atoms with Gasteiger partial charge in [0.25, 0.3) is 0 Å². The molecule has 1 aromatic carbocycles. The van der Waals surface area contributed by atoms with Gasteiger partial charge in [0.05, 0.1) is 5.56 Å². The van der Waals surface area contributed by atoms with Gasteiger partial charge in [-0.05, 0) is 18.2 Å². The van der Waals surface area contributed by atoms with Crippen LogP contribution in [0.1, 0.15) is 5.56 Å². The van der Waals surface area contributed by atoms with Crippen LogP contribution in [0, 0.1) is 6.07 Å². The molecule has 0 fully saturated rings. The fourth-order valence-corrected chi connectivity index (χ4v) is 0.827. The minimum atomic E-state index is -4.36. The van der Waals surface area contributed by atoms with Crippen LogP contribution in [0.4, 0.5) is 13.2 Å². The molecule has 0 amide bonds. The van der Waals surface area contributed by atoms with Crippen LogP contribution in [0.5, 0.6) is 5.75 Å². The van der Waals surface area contributed by atoms with E-state index >= 15 is 0 Å². The van der Waals surface area contributed by atoms with Crippen molar-refractivity contribution in [2.45, 2.75) is 6.18 Å². The molecule has 0 heterocycles. The number of benzene rings is 1. The van der Waals surface area contributed by atoms with E-state index < -0.39 is 11.7 Å². The Labute approximate surface area is 79.2 Å². The normalized spacial score (nSPS) is 11.4. The third-order valence-electron chi connectivity index (χ3n) is 1.43. The van der Waals surface area contributed by atoms with Crippen molar-refractivity contribution in [2.75, 3.05) is 13.9 Å². The highest BCUT2D eigenvalue weighted by molar-refractivity contribution is 5.28. The summed E-state index contributed by atoms with van der Waals surface area (Å²) < 4.78 is 45.9. The Morgan fingerprint density at radius 1 is 1.43 bits per heavy atom. The van der Waals surface area contributed by atoms with Gasteiger partial charge in [0.1, 0.15) is 5.75 Å². The van der Waals surface area contributed by atoms with Crippen molar-refractivity contribution in [3.05, 3.63) is 29.8 Å². The van der Waals surface area contributed by atoms with Crippen molar-refractivity contribution in [1.29, 1.82) is 0 Å². The molecule has 0 bridgehead atoms. The van der Waals surface area contributed by atoms with E-state index in [0.717, 1.165) is 18.2 Å². The lowest BCUT2D eigenvalue weighted by Crippen LogP contribution is -2.06. The molecule has 0 saturated carbocycles. The summed E-state index contributed by atoms with van der Waals surface area (Å²) in [6.07, 6.45) is -4.36. The topological polar surface area (TPSA) is 18.5 Å². The molecular weight excluding hydrogens is 197 g/mol. The molecule has 0 unspecified atom stereocenters. The molecule has 0 atom stereocenters. The summed E-state index contributed by atoms with van der Waals surface area (Å²) >= 11 is 0. The van der Waals surface area contributed by atoms with Crippen molar-refractivity contribution in [3.63, 3.8) is 0 Å². The molecule has 14 heavy (non-hydrogen) atoms. The predicted octanol–water partition coefficient (Wildman–Crippen LogP) is 2.49. The van der Waals surface area contributed by atoms with E-state index in [9.17, 15) is 13.2 Å². The zero-order chi connectivity index (χ0) is 10.6. The van der Waals surface area contributed by atoms with Crippen LogP contribution in [0.15, 0.2) is 18.2 Å². The number of methoxy groups -OCH3 is 1. The van der Waals surface area contributed by atoms with E-state index in [0.29, 0.717) is 0 Å². The van der Waals surface area contributed by atoms with Crippen LogP contribution in [-0.2, 0) is 10.9 Å². The van der Waals surface area contributed by atoms with Crippen molar-refractivity contribution in [2.24, 2.45) is 0 Å². The lowest BCUT2D eigenvalue weighted by atomic mass is 10.2. The van der Waals surface area contributed by atoms with E-state index in [-0.39, 0.29) is 12.5 Å². The third kappa shape index (κ3) is 2.92. The SMILES string of the molecule is COCOc1[c]ccc(C(F)(F)F)c1. The molecule has 0 aliphatic rings. The molecule has 1 radical (unpaired) electrons. The highest BCUT2D eigenvalue weighted by Gasteiger charge is 2.30. The van der Waals surface area contributed by atoms with Crippen molar-refractivity contribution < 1.29 is 22.6 Å². The average molecular weight is 205 g/mol. The lowest BCUT2D eigenvalue weighted by molar-refractivity contribution is -0.137. The fourth-order valence-electron chi connectivity index (χ4n) is 0.827. The molecule has 0 N–H and O–H groups in total. The van der Waals surface area contributed by atoms with E-state index in [1.54, 1.807) is 0 Å². The summed E-state index contributed by atoms with van der Waals surface area (Å²) in [5.41, 5.74) is -0.762. The Bertz CT molecular complexity index is 296. The largest absolute Gasteiger partial charge is 0.467 e. The van der Waals surface area contributed by atoms with Gasteiger partial charge in [0.15, 0.2) is 6.79 Å². The molecule has 77 valence electrons. The fraction of sp³-hybridized carbons (Fsp3) is 0.333. The standard InChI is InChI=1S/C9H8F3O2/c1-13-6-14-8-4-2-3-7(5-8)9(10,11)12/h2-3,5H,6H2,1H3. The Kier molecular flexibility index (Phi) is 3.35. The summed E-state index contributed by atoms with van der Waals surface area (Å²) in [6.45, 7) is -0.0994. The first-order valence-electron chi connectivity index (χ1n) is 3.74. The molecule has 0 aliphatic heterocycles. The van der Waals surface area contributed by atoms with Crippen LogP contribution in [0.3, 0.4) is 0 Å². The molecule has 2 nitrogen and oxygen atoms in total. The monoisotopic (exact) mass is 205 g/mol. The third-order valence-corrected chi connectivity index (χ3v) is 1.43. The number of hydrogen-bond acceptors (Lipinski definition) is 2. The highest BCUT2D eigenvalue weighted by atomic mass is 19.4. The van der Waals surface area contributed by atoms with E-state index in [4.69, 9.17) is 4.74 Å². The predicted molar refractivity (Wildman–Crippen MR) is 42.8 cm³/mol. The van der Waals surface area contributed by atoms with Crippen LogP contribution in [-0.4, -0.2) is 13.9 Å². The van der Waals surface area contributed by atoms with E-state index in [2.05, 4.69) is 10.8 Å². The maximum atomic E-state index is 12.2. The molecule has 0 spiro atoms. The molecule has 0 aromatic heterocycles. The van der Waals surface area contributed by atoms with Crippen LogP contribution in [0.2, 0.25) is 0 Å². The Morgan fingerprint density at radius 3 is 2.71 bits per heavy atom. The van der Waals surface area contributed by atoms with Gasteiger partial charge >= 0.3 is 6.18 Å². The maximum Gasteiger partial charge on any atom is 0.416 e. The second-order valence-electron chi connectivity index (χ2n) is 2.49. The minimum absolute atomic E-state index is 0.0154. The summed E-state index contributed by atoms with van der Waals surface area (Å²) in [5, 5.41) is 0. The van der Waals surface area contributed by atoms with Gasteiger partial charge in [-0.2, -0.15) is 13.2 Å². The van der Waals surface area contributed by atoms with Gasteiger partial charge in [-0.1, -0.05) is 0 Å². The minimum Gasteiger partial charge on any atom is -0.467 e. The first-order chi connectivity index (χ1) is 6.54. The Balaban J connectivity index is 2.79. The van der Waals surface area contributed by atoms with Gasteiger partial charge in [0, 0.05) is 13.2 Å². The molecular formula is C9H8F3O2. The Morgan fingerprint density at radius 2 is 2.14 bits per heavy atom. The second-order valence-corrected chi connectivity index (χ2v) is 2.49. The lowest BCUT2D eigenvalue weighted by Gasteiger charge is -2.08. The zero-order valence-corrected chi connectivity index (χ0v) is 7.39. The average Bonchev–Trinajstić information content (AvgIpc) is 2.14. The number of hydrogen-bond donors (Lipinski definition) is 0. The van der Waals surface area contributed by atoms with Crippen molar-refractivity contribution in [3.8, 4) is 5.75 Å². The zero-order valence-electron chi connectivity index (χ0n) is 7.39. The Hall–Kier alpha value is -1.23. The van der Waals surface area contributed by atoms with Crippen LogP contribution < -0.4 is 4.74 Å². The van der Waals surface area contributed by atoms with Crippen molar-refractivity contribution in [1.82, 2.24) is 0 Å². The van der Waals surface area contributed by atoms with Gasteiger partial charge in [0.2, 0.25) is 0 Å². The molecule has 5 heteroatoms. The number of rotatable bonds is 3. The summed E-state index contributed by atoms with van der Waals surface area (Å²) in [7, 11) is 1.38. The van der Waals surface area contributed by atoms with E-state index in [1.165, 1.54) is 7.11 Å². The van der Waals surface area contributed by atoms with Crippen molar-refractivity contribution >= 4 is 0 Å². The van der Waals surface area contributed by atoms with Gasteiger partial charge in [-0.25, -0.2) is 0 Å². The first kappa shape index (κ1) is 10.8.